The van der Waals surface area contributed by atoms with Gasteiger partial charge in [-0.25, -0.2) is 32.7 Å². The number of aromatic nitrogens is 2. The Balaban J connectivity index is 2.22. The maximum Gasteiger partial charge on any atom is 0.339 e. The summed E-state index contributed by atoms with van der Waals surface area (Å²) in [6.45, 7) is 1.59. The number of sulfonamides is 1. The lowest BCUT2D eigenvalue weighted by Gasteiger charge is -2.10. The number of rotatable bonds is 4. The van der Waals surface area contributed by atoms with Crippen molar-refractivity contribution in [2.45, 2.75) is 11.8 Å². The van der Waals surface area contributed by atoms with Gasteiger partial charge in [-0.1, -0.05) is 23.7 Å². The van der Waals surface area contributed by atoms with E-state index in [2.05, 4.69) is 20.0 Å². The second-order valence-electron chi connectivity index (χ2n) is 4.67. The van der Waals surface area contributed by atoms with Gasteiger partial charge in [-0.15, -0.1) is 0 Å². The molecule has 25 heavy (non-hydrogen) atoms. The van der Waals surface area contributed by atoms with Crippen molar-refractivity contribution in [3.8, 4) is 0 Å². The zero-order valence-corrected chi connectivity index (χ0v) is 14.7. The number of carbonyl (C=O) groups is 2. The highest BCUT2D eigenvalue weighted by Crippen LogP contribution is 2.17. The molecule has 0 fully saturated rings. The van der Waals surface area contributed by atoms with Crippen LogP contribution in [0.3, 0.4) is 0 Å². The Kier molecular flexibility index (Phi) is 5.55. The minimum atomic E-state index is -4.33. The van der Waals surface area contributed by atoms with Gasteiger partial charge in [-0.05, 0) is 19.1 Å². The summed E-state index contributed by atoms with van der Waals surface area (Å²) in [4.78, 5) is 30.8. The van der Waals surface area contributed by atoms with Gasteiger partial charge in [0.2, 0.25) is 5.95 Å². The van der Waals surface area contributed by atoms with Crippen LogP contribution in [0.15, 0.2) is 35.4 Å². The number of esters is 1. The van der Waals surface area contributed by atoms with Gasteiger partial charge >= 0.3 is 12.0 Å². The molecule has 0 saturated heterocycles. The average molecular weight is 385 g/mol. The molecule has 2 aromatic rings. The minimum Gasteiger partial charge on any atom is -0.465 e. The fraction of sp³-hybridized carbons (Fsp3) is 0.143. The number of halogens is 1. The average Bonchev–Trinajstić information content (AvgIpc) is 2.57. The molecule has 0 aliphatic rings. The zero-order valence-electron chi connectivity index (χ0n) is 13.1. The largest absolute Gasteiger partial charge is 0.465 e. The molecule has 11 heteroatoms. The molecule has 132 valence electrons. The number of urea groups is 1. The van der Waals surface area contributed by atoms with E-state index in [0.717, 1.165) is 7.11 Å². The van der Waals surface area contributed by atoms with E-state index in [-0.39, 0.29) is 11.5 Å². The number of methoxy groups -OCH3 is 1. The van der Waals surface area contributed by atoms with E-state index in [4.69, 9.17) is 11.6 Å². The van der Waals surface area contributed by atoms with Gasteiger partial charge in [0, 0.05) is 0 Å². The van der Waals surface area contributed by atoms with Crippen molar-refractivity contribution in [2.24, 2.45) is 0 Å². The third-order valence-corrected chi connectivity index (χ3v) is 4.71. The lowest BCUT2D eigenvalue weighted by Crippen LogP contribution is -2.35. The highest BCUT2D eigenvalue weighted by atomic mass is 35.5. The first-order valence-electron chi connectivity index (χ1n) is 6.75. The molecule has 2 N–H and O–H groups in total. The first-order chi connectivity index (χ1) is 11.7. The predicted molar refractivity (Wildman–Crippen MR) is 88.9 cm³/mol. The topological polar surface area (TPSA) is 127 Å². The van der Waals surface area contributed by atoms with Crippen LogP contribution in [0, 0.1) is 6.92 Å². The number of hydrogen-bond donors (Lipinski definition) is 2. The van der Waals surface area contributed by atoms with Crippen LogP contribution in [-0.2, 0) is 14.8 Å². The molecule has 0 saturated carbocycles. The van der Waals surface area contributed by atoms with E-state index in [1.165, 1.54) is 30.5 Å². The van der Waals surface area contributed by atoms with E-state index in [0.29, 0.717) is 10.7 Å². The Hall–Kier alpha value is -2.72. The van der Waals surface area contributed by atoms with Crippen LogP contribution < -0.4 is 10.0 Å². The molecule has 0 radical (unpaired) electrons. The standard InChI is InChI=1S/C14H13ClN4O5S/c1-8-10(15)7-16-13(17-8)18-14(21)19-25(22,23)11-6-4-3-5-9(11)12(20)24-2/h3-7H,1-2H3,(H2,16,17,18,19,21). The van der Waals surface area contributed by atoms with Gasteiger partial charge in [0.05, 0.1) is 29.6 Å². The fourth-order valence-electron chi connectivity index (χ4n) is 1.80. The normalized spacial score (nSPS) is 10.8. The van der Waals surface area contributed by atoms with Gasteiger partial charge in [-0.3, -0.25) is 5.32 Å². The first-order valence-corrected chi connectivity index (χ1v) is 8.61. The molecule has 0 aliphatic heterocycles. The Morgan fingerprint density at radius 1 is 1.24 bits per heavy atom. The first kappa shape index (κ1) is 18.6. The van der Waals surface area contributed by atoms with Crippen LogP contribution in [0.5, 0.6) is 0 Å². The lowest BCUT2D eigenvalue weighted by molar-refractivity contribution is 0.0596. The van der Waals surface area contributed by atoms with Crippen LogP contribution in [0.1, 0.15) is 16.1 Å². The Labute approximate surface area is 148 Å². The number of aryl methyl sites for hydroxylation is 1. The summed E-state index contributed by atoms with van der Waals surface area (Å²) in [5, 5.41) is 2.47. The molecule has 1 aromatic heterocycles. The maximum atomic E-state index is 12.4. The quantitative estimate of drug-likeness (QED) is 0.768. The van der Waals surface area contributed by atoms with Crippen LogP contribution in [-0.4, -0.2) is 37.5 Å². The van der Waals surface area contributed by atoms with Gasteiger partial charge in [0.15, 0.2) is 0 Å². The van der Waals surface area contributed by atoms with Gasteiger partial charge in [-0.2, -0.15) is 0 Å². The van der Waals surface area contributed by atoms with Crippen molar-refractivity contribution in [3.05, 3.63) is 46.7 Å². The molecule has 0 unspecified atom stereocenters. The smallest absolute Gasteiger partial charge is 0.339 e. The molecule has 9 nitrogen and oxygen atoms in total. The van der Waals surface area contributed by atoms with Crippen LogP contribution in [0.25, 0.3) is 0 Å². The number of amides is 2. The highest BCUT2D eigenvalue weighted by molar-refractivity contribution is 7.90. The number of anilines is 1. The second kappa shape index (κ2) is 7.45. The minimum absolute atomic E-state index is 0.129. The number of hydrogen-bond acceptors (Lipinski definition) is 7. The Bertz CT molecular complexity index is 933. The van der Waals surface area contributed by atoms with Crippen LogP contribution in [0.4, 0.5) is 10.7 Å². The van der Waals surface area contributed by atoms with Crippen molar-refractivity contribution >= 4 is 39.6 Å². The summed E-state index contributed by atoms with van der Waals surface area (Å²) in [5.74, 6) is -0.978. The maximum absolute atomic E-state index is 12.4. The van der Waals surface area contributed by atoms with Crippen molar-refractivity contribution in [1.82, 2.24) is 14.7 Å². The third-order valence-electron chi connectivity index (χ3n) is 2.95. The summed E-state index contributed by atoms with van der Waals surface area (Å²) >= 11 is 5.77. The molecule has 0 atom stereocenters. The summed E-state index contributed by atoms with van der Waals surface area (Å²) < 4.78 is 31.0. The van der Waals surface area contributed by atoms with Crippen molar-refractivity contribution < 1.29 is 22.7 Å². The number of carbonyl (C=O) groups excluding carboxylic acids is 2. The predicted octanol–water partition coefficient (Wildman–Crippen LogP) is 1.74. The number of nitrogens with one attached hydrogen (secondary N) is 2. The summed E-state index contributed by atoms with van der Waals surface area (Å²) in [5.41, 5.74) is 0.203. The number of nitrogens with zero attached hydrogens (tertiary/aromatic N) is 2. The van der Waals surface area contributed by atoms with E-state index in [1.54, 1.807) is 11.6 Å². The summed E-state index contributed by atoms with van der Waals surface area (Å²) in [7, 11) is -3.21. The Morgan fingerprint density at radius 2 is 1.92 bits per heavy atom. The number of ether oxygens (including phenoxy) is 1. The van der Waals surface area contributed by atoms with Gasteiger partial charge in [0.1, 0.15) is 4.90 Å². The molecule has 0 bridgehead atoms. The zero-order chi connectivity index (χ0) is 18.6. The molecular formula is C14H13ClN4O5S. The van der Waals surface area contributed by atoms with Crippen LogP contribution in [0.2, 0.25) is 5.02 Å². The van der Waals surface area contributed by atoms with E-state index >= 15 is 0 Å². The molecule has 0 spiro atoms. The number of benzene rings is 1. The lowest BCUT2D eigenvalue weighted by atomic mass is 10.2. The monoisotopic (exact) mass is 384 g/mol. The van der Waals surface area contributed by atoms with E-state index in [1.807, 2.05) is 0 Å². The molecule has 2 rings (SSSR count). The van der Waals surface area contributed by atoms with E-state index in [9.17, 15) is 18.0 Å². The molecule has 1 heterocycles. The Morgan fingerprint density at radius 3 is 2.56 bits per heavy atom. The summed E-state index contributed by atoms with van der Waals surface area (Å²) in [6.07, 6.45) is 1.26. The van der Waals surface area contributed by atoms with Crippen molar-refractivity contribution in [1.29, 1.82) is 0 Å². The summed E-state index contributed by atoms with van der Waals surface area (Å²) in [6, 6.07) is 4.22. The molecule has 0 aliphatic carbocycles. The fourth-order valence-corrected chi connectivity index (χ4v) is 2.99. The SMILES string of the molecule is COC(=O)c1ccccc1S(=O)(=O)NC(=O)Nc1ncc(Cl)c(C)n1. The highest BCUT2D eigenvalue weighted by Gasteiger charge is 2.24. The van der Waals surface area contributed by atoms with E-state index < -0.39 is 26.9 Å². The van der Waals surface area contributed by atoms with Gasteiger partial charge < -0.3 is 4.74 Å². The molecule has 2 amide bonds. The van der Waals surface area contributed by atoms with Crippen LogP contribution >= 0.6 is 11.6 Å². The molecule has 1 aromatic carbocycles. The van der Waals surface area contributed by atoms with Crippen molar-refractivity contribution in [3.63, 3.8) is 0 Å². The van der Waals surface area contributed by atoms with Gasteiger partial charge in [0.25, 0.3) is 10.0 Å². The third kappa shape index (κ3) is 4.43. The molecular weight excluding hydrogens is 372 g/mol. The second-order valence-corrected chi connectivity index (χ2v) is 6.73. The van der Waals surface area contributed by atoms with Crippen molar-refractivity contribution in [2.75, 3.05) is 12.4 Å².